The normalized spacial score (nSPS) is 11.4. The van der Waals surface area contributed by atoms with Gasteiger partial charge in [0.05, 0.1) is 16.1 Å². The largest absolute Gasteiger partial charge is 0.345 e. The fourth-order valence-corrected chi connectivity index (χ4v) is 3.74. The van der Waals surface area contributed by atoms with Gasteiger partial charge >= 0.3 is 0 Å². The van der Waals surface area contributed by atoms with Crippen molar-refractivity contribution >= 4 is 61.0 Å². The number of hydrogen-bond donors (Lipinski definition) is 1. The van der Waals surface area contributed by atoms with Crippen molar-refractivity contribution in [2.24, 2.45) is 0 Å². The minimum Gasteiger partial charge on any atom is -0.345 e. The first-order chi connectivity index (χ1) is 8.48. The molecule has 2 nitrogen and oxygen atoms in total. The molecule has 18 heavy (non-hydrogen) atoms. The molecular weight excluding hydrogens is 405 g/mol. The van der Waals surface area contributed by atoms with Crippen LogP contribution in [0.25, 0.3) is 0 Å². The summed E-state index contributed by atoms with van der Waals surface area (Å²) >= 11 is 18.7. The van der Waals surface area contributed by atoms with Gasteiger partial charge in [0, 0.05) is 15.7 Å². The maximum absolute atomic E-state index is 12.2. The van der Waals surface area contributed by atoms with E-state index in [1.54, 1.807) is 18.2 Å². The van der Waals surface area contributed by atoms with E-state index in [0.717, 1.165) is 6.42 Å². The van der Waals surface area contributed by atoms with Crippen LogP contribution in [0, 0.1) is 0 Å². The standard InChI is InChI=1S/C12H13Br2Cl2NO/c1-2-12(6-13,7-14)17-11(18)9-5-8(15)3-4-10(9)16/h3-5H,2,6-7H2,1H3,(H,17,18). The molecule has 0 spiro atoms. The number of halogens is 4. The van der Waals surface area contributed by atoms with Gasteiger partial charge in [-0.15, -0.1) is 0 Å². The molecule has 0 aromatic heterocycles. The number of alkyl halides is 2. The van der Waals surface area contributed by atoms with Gasteiger partial charge < -0.3 is 5.32 Å². The first kappa shape index (κ1) is 16.3. The average molecular weight is 418 g/mol. The Hall–Kier alpha value is 0.230. The molecule has 0 saturated heterocycles. The van der Waals surface area contributed by atoms with Gasteiger partial charge in [0.15, 0.2) is 0 Å². The van der Waals surface area contributed by atoms with Gasteiger partial charge in [0.2, 0.25) is 0 Å². The van der Waals surface area contributed by atoms with Crippen molar-refractivity contribution in [2.45, 2.75) is 18.9 Å². The summed E-state index contributed by atoms with van der Waals surface area (Å²) in [5.74, 6) is -0.219. The van der Waals surface area contributed by atoms with Crippen LogP contribution in [-0.2, 0) is 0 Å². The van der Waals surface area contributed by atoms with Crippen LogP contribution in [0.2, 0.25) is 10.0 Å². The number of carbonyl (C=O) groups excluding carboxylic acids is 1. The van der Waals surface area contributed by atoms with Crippen molar-refractivity contribution in [3.05, 3.63) is 33.8 Å². The minimum atomic E-state index is -0.331. The second-order valence-corrected chi connectivity index (χ2v) is 5.94. The average Bonchev–Trinajstić information content (AvgIpc) is 2.38. The second kappa shape index (κ2) is 7.13. The highest BCUT2D eigenvalue weighted by Crippen LogP contribution is 2.23. The molecule has 0 aliphatic rings. The molecule has 0 fully saturated rings. The zero-order valence-corrected chi connectivity index (χ0v) is 14.5. The van der Waals surface area contributed by atoms with Crippen molar-refractivity contribution in [2.75, 3.05) is 10.7 Å². The van der Waals surface area contributed by atoms with Crippen LogP contribution in [0.1, 0.15) is 23.7 Å². The van der Waals surface area contributed by atoms with Crippen LogP contribution >= 0.6 is 55.1 Å². The summed E-state index contributed by atoms with van der Waals surface area (Å²) in [6, 6.07) is 4.85. The molecule has 1 N–H and O–H groups in total. The highest BCUT2D eigenvalue weighted by Gasteiger charge is 2.28. The van der Waals surface area contributed by atoms with E-state index < -0.39 is 0 Å². The van der Waals surface area contributed by atoms with Gasteiger partial charge in [-0.2, -0.15) is 0 Å². The Kier molecular flexibility index (Phi) is 6.45. The molecule has 0 atom stereocenters. The van der Waals surface area contributed by atoms with Crippen LogP contribution in [0.15, 0.2) is 18.2 Å². The molecule has 0 heterocycles. The molecule has 0 aliphatic carbocycles. The highest BCUT2D eigenvalue weighted by atomic mass is 79.9. The molecule has 1 aromatic carbocycles. The number of carbonyl (C=O) groups is 1. The van der Waals surface area contributed by atoms with Gasteiger partial charge in [-0.1, -0.05) is 62.0 Å². The Morgan fingerprint density at radius 2 is 1.94 bits per heavy atom. The summed E-state index contributed by atoms with van der Waals surface area (Å²) in [4.78, 5) is 12.2. The SMILES string of the molecule is CCC(CBr)(CBr)NC(=O)c1cc(Cl)ccc1Cl. The maximum atomic E-state index is 12.2. The summed E-state index contributed by atoms with van der Waals surface area (Å²) in [6.07, 6.45) is 0.799. The molecule has 0 bridgehead atoms. The molecule has 0 unspecified atom stereocenters. The third kappa shape index (κ3) is 3.86. The number of rotatable bonds is 5. The third-order valence-electron chi connectivity index (χ3n) is 2.74. The van der Waals surface area contributed by atoms with E-state index in [0.29, 0.717) is 26.3 Å². The van der Waals surface area contributed by atoms with Gasteiger partial charge in [-0.05, 0) is 24.6 Å². The smallest absolute Gasteiger partial charge is 0.253 e. The van der Waals surface area contributed by atoms with Crippen LogP contribution in [0.3, 0.4) is 0 Å². The van der Waals surface area contributed by atoms with E-state index >= 15 is 0 Å². The van der Waals surface area contributed by atoms with Gasteiger partial charge in [0.1, 0.15) is 0 Å². The minimum absolute atomic E-state index is 0.219. The quantitative estimate of drug-likeness (QED) is 0.693. The molecule has 0 radical (unpaired) electrons. The number of hydrogen-bond acceptors (Lipinski definition) is 1. The van der Waals surface area contributed by atoms with E-state index in [-0.39, 0.29) is 11.4 Å². The molecule has 1 rings (SSSR count). The Morgan fingerprint density at radius 1 is 1.33 bits per heavy atom. The topological polar surface area (TPSA) is 29.1 Å². The van der Waals surface area contributed by atoms with Crippen LogP contribution in [-0.4, -0.2) is 22.1 Å². The Labute approximate surface area is 134 Å². The monoisotopic (exact) mass is 415 g/mol. The summed E-state index contributed by atoms with van der Waals surface area (Å²) in [5.41, 5.74) is 0.0619. The lowest BCUT2D eigenvalue weighted by Gasteiger charge is -2.30. The van der Waals surface area contributed by atoms with Gasteiger partial charge in [-0.25, -0.2) is 0 Å². The van der Waals surface area contributed by atoms with E-state index in [1.807, 2.05) is 6.92 Å². The molecule has 1 aromatic rings. The molecule has 1 amide bonds. The van der Waals surface area contributed by atoms with E-state index in [2.05, 4.69) is 37.2 Å². The number of amides is 1. The maximum Gasteiger partial charge on any atom is 0.253 e. The van der Waals surface area contributed by atoms with Crippen LogP contribution in [0.4, 0.5) is 0 Å². The number of benzene rings is 1. The fourth-order valence-electron chi connectivity index (χ4n) is 1.36. The Balaban J connectivity index is 2.97. The molecule has 0 aliphatic heterocycles. The second-order valence-electron chi connectivity index (χ2n) is 3.98. The zero-order valence-electron chi connectivity index (χ0n) is 9.77. The fraction of sp³-hybridized carbons (Fsp3) is 0.417. The highest BCUT2D eigenvalue weighted by molar-refractivity contribution is 9.09. The summed E-state index contributed by atoms with van der Waals surface area (Å²) in [7, 11) is 0. The molecule has 6 heteroatoms. The lowest BCUT2D eigenvalue weighted by atomic mass is 10.0. The van der Waals surface area contributed by atoms with Gasteiger partial charge in [0.25, 0.3) is 5.91 Å². The molecule has 100 valence electrons. The van der Waals surface area contributed by atoms with Crippen LogP contribution in [0.5, 0.6) is 0 Å². The lowest BCUT2D eigenvalue weighted by Crippen LogP contribution is -2.51. The number of nitrogens with one attached hydrogen (secondary N) is 1. The molecule has 0 saturated carbocycles. The summed E-state index contributed by atoms with van der Waals surface area (Å²) in [6.45, 7) is 2.02. The van der Waals surface area contributed by atoms with Crippen molar-refractivity contribution in [3.63, 3.8) is 0 Å². The first-order valence-corrected chi connectivity index (χ1v) is 8.37. The van der Waals surface area contributed by atoms with E-state index in [1.165, 1.54) is 0 Å². The summed E-state index contributed by atoms with van der Waals surface area (Å²) < 4.78 is 0. The van der Waals surface area contributed by atoms with Crippen molar-refractivity contribution in [1.29, 1.82) is 0 Å². The third-order valence-corrected chi connectivity index (χ3v) is 5.45. The van der Waals surface area contributed by atoms with Gasteiger partial charge in [-0.3, -0.25) is 4.79 Å². The van der Waals surface area contributed by atoms with E-state index in [9.17, 15) is 4.79 Å². The lowest BCUT2D eigenvalue weighted by molar-refractivity contribution is 0.0915. The van der Waals surface area contributed by atoms with Crippen molar-refractivity contribution < 1.29 is 4.79 Å². The first-order valence-electron chi connectivity index (χ1n) is 5.37. The van der Waals surface area contributed by atoms with Crippen molar-refractivity contribution in [1.82, 2.24) is 5.32 Å². The Morgan fingerprint density at radius 3 is 2.44 bits per heavy atom. The predicted octanol–water partition coefficient (Wildman–Crippen LogP) is 4.66. The predicted molar refractivity (Wildman–Crippen MR) is 84.5 cm³/mol. The van der Waals surface area contributed by atoms with Crippen LogP contribution < -0.4 is 5.32 Å². The van der Waals surface area contributed by atoms with Crippen molar-refractivity contribution in [3.8, 4) is 0 Å². The summed E-state index contributed by atoms with van der Waals surface area (Å²) in [5, 5.41) is 5.19. The zero-order chi connectivity index (χ0) is 13.8. The Bertz CT molecular complexity index is 428. The van der Waals surface area contributed by atoms with E-state index in [4.69, 9.17) is 23.2 Å². The molecular formula is C12H13Br2Cl2NO.